The summed E-state index contributed by atoms with van der Waals surface area (Å²) >= 11 is 2.37. The second kappa shape index (κ2) is 13.3. The Morgan fingerprint density at radius 3 is 1.32 bits per heavy atom. The molecular formula is C31H53OS2+. The molecule has 0 aromatic rings. The molecule has 0 amide bonds. The Kier molecular flexibility index (Phi) is 10.1. The summed E-state index contributed by atoms with van der Waals surface area (Å²) in [4.78, 5) is 13.0. The molecule has 0 N–H and O–H groups in total. The van der Waals surface area contributed by atoms with E-state index in [1.165, 1.54) is 109 Å². The third-order valence-electron chi connectivity index (χ3n) is 10.3. The molecule has 5 saturated carbocycles. The number of thioether (sulfide) groups is 1. The standard InChI is InChI=1S/C31H53OS2/c32-31(24-10-4-1-5-11-24)25-16-18-26(19-17-25)33-27-20-22-30(23-21-27)34(28-12-6-2-7-13-28)29-14-8-3-9-15-29/h24-30H,1-23H2/q+1. The lowest BCUT2D eigenvalue weighted by molar-refractivity contribution is -0.128. The quantitative estimate of drug-likeness (QED) is 0.321. The van der Waals surface area contributed by atoms with Gasteiger partial charge in [0.2, 0.25) is 0 Å². The topological polar surface area (TPSA) is 17.1 Å². The Balaban J connectivity index is 1.07. The molecule has 0 radical (unpaired) electrons. The average molecular weight is 506 g/mol. The highest BCUT2D eigenvalue weighted by Gasteiger charge is 2.46. The van der Waals surface area contributed by atoms with E-state index in [0.29, 0.717) is 17.6 Å². The summed E-state index contributed by atoms with van der Waals surface area (Å²) in [5, 5.41) is 5.06. The maximum atomic E-state index is 13.0. The van der Waals surface area contributed by atoms with Gasteiger partial charge >= 0.3 is 0 Å². The minimum absolute atomic E-state index is 0.420. The number of carbonyl (C=O) groups is 1. The molecule has 34 heavy (non-hydrogen) atoms. The second-order valence-electron chi connectivity index (χ2n) is 12.7. The van der Waals surface area contributed by atoms with Crippen molar-refractivity contribution in [3.05, 3.63) is 0 Å². The predicted molar refractivity (Wildman–Crippen MR) is 152 cm³/mol. The van der Waals surface area contributed by atoms with Crippen molar-refractivity contribution < 1.29 is 4.79 Å². The first-order valence-electron chi connectivity index (χ1n) is 15.7. The van der Waals surface area contributed by atoms with E-state index < -0.39 is 0 Å². The Morgan fingerprint density at radius 1 is 0.441 bits per heavy atom. The van der Waals surface area contributed by atoms with Crippen LogP contribution in [0.1, 0.15) is 148 Å². The highest BCUT2D eigenvalue weighted by molar-refractivity contribution is 8.00. The molecule has 3 heteroatoms. The van der Waals surface area contributed by atoms with Crippen LogP contribution in [0.2, 0.25) is 0 Å². The molecule has 194 valence electrons. The van der Waals surface area contributed by atoms with Gasteiger partial charge in [0.05, 0.1) is 0 Å². The van der Waals surface area contributed by atoms with Gasteiger partial charge in [0.25, 0.3) is 0 Å². The highest BCUT2D eigenvalue weighted by Crippen LogP contribution is 2.44. The Labute approximate surface area is 218 Å². The number of Topliss-reactive ketones (excluding diaryl/α,β-unsaturated/α-hetero) is 1. The Hall–Kier alpha value is 0.370. The van der Waals surface area contributed by atoms with Crippen LogP contribution < -0.4 is 0 Å². The fourth-order valence-corrected chi connectivity index (χ4v) is 14.2. The van der Waals surface area contributed by atoms with Crippen molar-refractivity contribution in [3.63, 3.8) is 0 Å². The molecule has 1 nitrogen and oxygen atoms in total. The molecule has 0 aromatic heterocycles. The molecule has 0 heterocycles. The fourth-order valence-electron chi connectivity index (χ4n) is 8.41. The minimum Gasteiger partial charge on any atom is -0.299 e. The zero-order valence-electron chi connectivity index (χ0n) is 22.0. The van der Waals surface area contributed by atoms with E-state index >= 15 is 0 Å². The number of carbonyl (C=O) groups excluding carboxylic acids is 1. The molecule has 0 saturated heterocycles. The van der Waals surface area contributed by atoms with Crippen LogP contribution in [0.15, 0.2) is 0 Å². The van der Waals surface area contributed by atoms with Crippen molar-refractivity contribution in [1.82, 2.24) is 0 Å². The molecule has 0 atom stereocenters. The predicted octanol–water partition coefficient (Wildman–Crippen LogP) is 9.02. The van der Waals surface area contributed by atoms with Gasteiger partial charge < -0.3 is 0 Å². The van der Waals surface area contributed by atoms with Gasteiger partial charge in [-0.15, -0.1) is 0 Å². The smallest absolute Gasteiger partial charge is 0.139 e. The number of ketones is 1. The van der Waals surface area contributed by atoms with Crippen molar-refractivity contribution >= 4 is 28.4 Å². The van der Waals surface area contributed by atoms with E-state index in [4.69, 9.17) is 0 Å². The third-order valence-corrected chi connectivity index (χ3v) is 15.8. The van der Waals surface area contributed by atoms with Gasteiger partial charge in [-0.05, 0) is 126 Å². The van der Waals surface area contributed by atoms with E-state index in [2.05, 4.69) is 11.8 Å². The summed E-state index contributed by atoms with van der Waals surface area (Å²) in [6.07, 6.45) is 32.9. The van der Waals surface area contributed by atoms with Crippen molar-refractivity contribution in [2.75, 3.05) is 0 Å². The largest absolute Gasteiger partial charge is 0.299 e. The number of hydrogen-bond donors (Lipinski definition) is 0. The highest BCUT2D eigenvalue weighted by atomic mass is 32.2. The Morgan fingerprint density at radius 2 is 0.824 bits per heavy atom. The van der Waals surface area contributed by atoms with Crippen LogP contribution in [-0.4, -0.2) is 32.0 Å². The van der Waals surface area contributed by atoms with Gasteiger partial charge in [-0.2, -0.15) is 11.8 Å². The van der Waals surface area contributed by atoms with E-state index in [0.717, 1.165) is 37.1 Å². The summed E-state index contributed by atoms with van der Waals surface area (Å²) in [6.45, 7) is 0. The fraction of sp³-hybridized carbons (Fsp3) is 0.968. The summed E-state index contributed by atoms with van der Waals surface area (Å²) in [5.41, 5.74) is 0. The summed E-state index contributed by atoms with van der Waals surface area (Å²) < 4.78 is 0. The van der Waals surface area contributed by atoms with Crippen LogP contribution in [0.4, 0.5) is 0 Å². The number of hydrogen-bond acceptors (Lipinski definition) is 2. The van der Waals surface area contributed by atoms with Crippen molar-refractivity contribution in [2.45, 2.75) is 174 Å². The second-order valence-corrected chi connectivity index (χ2v) is 17.1. The lowest BCUT2D eigenvalue weighted by Crippen LogP contribution is -2.44. The van der Waals surface area contributed by atoms with E-state index in [1.807, 2.05) is 0 Å². The monoisotopic (exact) mass is 505 g/mol. The molecule has 0 spiro atoms. The number of rotatable bonds is 7. The van der Waals surface area contributed by atoms with Gasteiger partial charge in [0.15, 0.2) is 0 Å². The summed E-state index contributed by atoms with van der Waals surface area (Å²) in [6, 6.07) is 0. The zero-order valence-corrected chi connectivity index (χ0v) is 23.7. The van der Waals surface area contributed by atoms with E-state index in [1.54, 1.807) is 38.5 Å². The summed E-state index contributed by atoms with van der Waals surface area (Å²) in [5.74, 6) is 1.52. The van der Waals surface area contributed by atoms with E-state index in [9.17, 15) is 4.79 Å². The molecule has 0 unspecified atom stereocenters. The molecule has 0 aromatic carbocycles. The van der Waals surface area contributed by atoms with Gasteiger partial charge in [-0.3, -0.25) is 4.79 Å². The lowest BCUT2D eigenvalue weighted by atomic mass is 9.76. The normalized spacial score (nSPS) is 35.4. The van der Waals surface area contributed by atoms with Crippen LogP contribution in [0.3, 0.4) is 0 Å². The summed E-state index contributed by atoms with van der Waals surface area (Å²) in [7, 11) is 0.735. The van der Waals surface area contributed by atoms with Gasteiger partial charge in [0, 0.05) is 22.3 Å². The van der Waals surface area contributed by atoms with Crippen LogP contribution in [-0.2, 0) is 15.7 Å². The van der Waals surface area contributed by atoms with Crippen molar-refractivity contribution in [1.29, 1.82) is 0 Å². The van der Waals surface area contributed by atoms with Crippen molar-refractivity contribution in [3.8, 4) is 0 Å². The molecule has 5 aliphatic rings. The first-order chi connectivity index (χ1) is 16.8. The third kappa shape index (κ3) is 6.81. The Bertz CT molecular complexity index is 583. The molecule has 5 rings (SSSR count). The average Bonchev–Trinajstić information content (AvgIpc) is 2.92. The van der Waals surface area contributed by atoms with Crippen molar-refractivity contribution in [2.24, 2.45) is 11.8 Å². The maximum absolute atomic E-state index is 13.0. The molecule has 5 aliphatic carbocycles. The van der Waals surface area contributed by atoms with Crippen LogP contribution in [0.25, 0.3) is 0 Å². The minimum atomic E-state index is 0.420. The SMILES string of the molecule is O=C(C1CCCCC1)C1CCC(SC2CCC([S+](C3CCCCC3)C3CCCCC3)CC2)CC1. The molecule has 5 fully saturated rings. The molecule has 0 aliphatic heterocycles. The van der Waals surface area contributed by atoms with Gasteiger partial charge in [-0.25, -0.2) is 0 Å². The van der Waals surface area contributed by atoms with Gasteiger partial charge in [0.1, 0.15) is 21.5 Å². The first kappa shape index (κ1) is 26.0. The maximum Gasteiger partial charge on any atom is 0.139 e. The van der Waals surface area contributed by atoms with Crippen LogP contribution in [0, 0.1) is 11.8 Å². The molecule has 0 bridgehead atoms. The first-order valence-corrected chi connectivity index (χ1v) is 18.0. The lowest BCUT2D eigenvalue weighted by Gasteiger charge is -2.38. The molecular weight excluding hydrogens is 452 g/mol. The van der Waals surface area contributed by atoms with Crippen LogP contribution in [0.5, 0.6) is 0 Å². The van der Waals surface area contributed by atoms with Crippen LogP contribution >= 0.6 is 11.8 Å². The van der Waals surface area contributed by atoms with E-state index in [-0.39, 0.29) is 0 Å². The van der Waals surface area contributed by atoms with Gasteiger partial charge in [-0.1, -0.05) is 32.1 Å². The zero-order chi connectivity index (χ0) is 23.2.